The molecule has 0 amide bonds. The van der Waals surface area contributed by atoms with Gasteiger partial charge in [-0.1, -0.05) is 6.07 Å². The Bertz CT molecular complexity index is 488. The molecule has 1 aliphatic heterocycles. The van der Waals surface area contributed by atoms with Crippen LogP contribution >= 0.6 is 0 Å². The summed E-state index contributed by atoms with van der Waals surface area (Å²) in [6.07, 6.45) is 3.58. The van der Waals surface area contributed by atoms with Crippen molar-refractivity contribution in [3.05, 3.63) is 29.3 Å². The smallest absolute Gasteiger partial charge is 0.175 e. The Morgan fingerprint density at radius 1 is 1.38 bits per heavy atom. The van der Waals surface area contributed by atoms with Gasteiger partial charge in [0.15, 0.2) is 9.84 Å². The molecule has 2 rings (SSSR count). The Labute approximate surface area is 96.8 Å². The highest BCUT2D eigenvalue weighted by molar-refractivity contribution is 7.90. The van der Waals surface area contributed by atoms with E-state index in [0.717, 1.165) is 18.5 Å². The van der Waals surface area contributed by atoms with E-state index in [0.29, 0.717) is 10.9 Å². The lowest BCUT2D eigenvalue weighted by Crippen LogP contribution is -2.14. The first kappa shape index (κ1) is 11.6. The predicted octanol–water partition coefficient (Wildman–Crippen LogP) is 1.82. The van der Waals surface area contributed by atoms with Crippen LogP contribution in [0.1, 0.15) is 30.0 Å². The fraction of sp³-hybridized carbons (Fsp3) is 0.500. The molecule has 1 fully saturated rings. The molecule has 16 heavy (non-hydrogen) atoms. The number of hydrogen-bond acceptors (Lipinski definition) is 3. The number of benzene rings is 1. The van der Waals surface area contributed by atoms with Crippen LogP contribution in [0.25, 0.3) is 0 Å². The lowest BCUT2D eigenvalue weighted by molar-refractivity contribution is 0.601. The molecular formula is C12H17NO2S. The average molecular weight is 239 g/mol. The zero-order valence-corrected chi connectivity index (χ0v) is 10.5. The van der Waals surface area contributed by atoms with Crippen LogP contribution < -0.4 is 5.32 Å². The van der Waals surface area contributed by atoms with E-state index < -0.39 is 9.84 Å². The van der Waals surface area contributed by atoms with Gasteiger partial charge in [-0.15, -0.1) is 0 Å². The SMILES string of the molecule is Cc1cc(S(C)(=O)=O)ccc1C1CCCN1. The summed E-state index contributed by atoms with van der Waals surface area (Å²) in [5, 5.41) is 3.42. The van der Waals surface area contributed by atoms with E-state index in [1.807, 2.05) is 13.0 Å². The standard InChI is InChI=1S/C12H17NO2S/c1-9-8-10(16(2,14)15)5-6-11(9)12-4-3-7-13-12/h5-6,8,12-13H,3-4,7H2,1-2H3. The Kier molecular flexibility index (Phi) is 3.04. The van der Waals surface area contributed by atoms with Gasteiger partial charge in [-0.05, 0) is 49.6 Å². The lowest BCUT2D eigenvalue weighted by Gasteiger charge is -2.14. The minimum absolute atomic E-state index is 0.397. The minimum atomic E-state index is -3.09. The monoisotopic (exact) mass is 239 g/mol. The van der Waals surface area contributed by atoms with Crippen molar-refractivity contribution in [2.45, 2.75) is 30.7 Å². The highest BCUT2D eigenvalue weighted by Gasteiger charge is 2.19. The van der Waals surface area contributed by atoms with E-state index >= 15 is 0 Å². The van der Waals surface area contributed by atoms with Crippen LogP contribution in [0.4, 0.5) is 0 Å². The molecule has 1 atom stereocenters. The molecule has 1 saturated heterocycles. The maximum atomic E-state index is 11.4. The van der Waals surface area contributed by atoms with Crippen molar-refractivity contribution in [2.75, 3.05) is 12.8 Å². The molecule has 1 N–H and O–H groups in total. The molecule has 1 unspecified atom stereocenters. The summed E-state index contributed by atoms with van der Waals surface area (Å²) in [6, 6.07) is 5.81. The van der Waals surface area contributed by atoms with Gasteiger partial charge in [0.2, 0.25) is 0 Å². The lowest BCUT2D eigenvalue weighted by atomic mass is 10.0. The topological polar surface area (TPSA) is 46.2 Å². The first-order valence-corrected chi connectivity index (χ1v) is 7.41. The zero-order chi connectivity index (χ0) is 11.8. The summed E-state index contributed by atoms with van der Waals surface area (Å²) in [6.45, 7) is 3.03. The molecule has 0 saturated carbocycles. The molecule has 3 nitrogen and oxygen atoms in total. The maximum absolute atomic E-state index is 11.4. The molecule has 1 aromatic rings. The first-order chi connectivity index (χ1) is 7.48. The Morgan fingerprint density at radius 2 is 2.12 bits per heavy atom. The fourth-order valence-electron chi connectivity index (χ4n) is 2.22. The number of sulfone groups is 1. The normalized spacial score (nSPS) is 21.2. The average Bonchev–Trinajstić information content (AvgIpc) is 2.69. The van der Waals surface area contributed by atoms with Crippen LogP contribution in [-0.2, 0) is 9.84 Å². The minimum Gasteiger partial charge on any atom is -0.310 e. The van der Waals surface area contributed by atoms with Crippen molar-refractivity contribution in [1.29, 1.82) is 0 Å². The molecule has 0 aliphatic carbocycles. The molecule has 1 aliphatic rings. The van der Waals surface area contributed by atoms with Gasteiger partial charge in [-0.2, -0.15) is 0 Å². The van der Waals surface area contributed by atoms with Gasteiger partial charge in [0, 0.05) is 12.3 Å². The predicted molar refractivity (Wildman–Crippen MR) is 64.3 cm³/mol. The van der Waals surface area contributed by atoms with Crippen LogP contribution in [-0.4, -0.2) is 21.2 Å². The molecule has 1 aromatic carbocycles. The van der Waals surface area contributed by atoms with Crippen molar-refractivity contribution < 1.29 is 8.42 Å². The number of aryl methyl sites for hydroxylation is 1. The molecule has 0 radical (unpaired) electrons. The van der Waals surface area contributed by atoms with Gasteiger partial charge in [0.25, 0.3) is 0 Å². The Hall–Kier alpha value is -0.870. The van der Waals surface area contributed by atoms with Gasteiger partial charge < -0.3 is 5.32 Å². The summed E-state index contributed by atoms with van der Waals surface area (Å²) >= 11 is 0. The summed E-state index contributed by atoms with van der Waals surface area (Å²) in [4.78, 5) is 0.409. The molecule has 0 spiro atoms. The van der Waals surface area contributed by atoms with Crippen LogP contribution in [0.2, 0.25) is 0 Å². The second kappa shape index (κ2) is 4.18. The Balaban J connectivity index is 2.37. The molecule has 0 aromatic heterocycles. The van der Waals surface area contributed by atoms with Crippen LogP contribution in [0.15, 0.2) is 23.1 Å². The van der Waals surface area contributed by atoms with E-state index in [1.165, 1.54) is 18.2 Å². The first-order valence-electron chi connectivity index (χ1n) is 5.52. The van der Waals surface area contributed by atoms with E-state index in [9.17, 15) is 8.42 Å². The van der Waals surface area contributed by atoms with Gasteiger partial charge in [0.05, 0.1) is 4.90 Å². The summed E-state index contributed by atoms with van der Waals surface area (Å²) < 4.78 is 22.8. The summed E-state index contributed by atoms with van der Waals surface area (Å²) in [7, 11) is -3.09. The summed E-state index contributed by atoms with van der Waals surface area (Å²) in [5.74, 6) is 0. The maximum Gasteiger partial charge on any atom is 0.175 e. The third-order valence-corrected chi connectivity index (χ3v) is 4.22. The van der Waals surface area contributed by atoms with Crippen molar-refractivity contribution in [3.8, 4) is 0 Å². The van der Waals surface area contributed by atoms with Crippen molar-refractivity contribution in [3.63, 3.8) is 0 Å². The second-order valence-electron chi connectivity index (χ2n) is 4.44. The van der Waals surface area contributed by atoms with Crippen LogP contribution in [0.5, 0.6) is 0 Å². The summed E-state index contributed by atoms with van der Waals surface area (Å²) in [5.41, 5.74) is 2.28. The molecule has 4 heteroatoms. The number of rotatable bonds is 2. The molecule has 1 heterocycles. The Morgan fingerprint density at radius 3 is 2.62 bits per heavy atom. The van der Waals surface area contributed by atoms with Crippen molar-refractivity contribution >= 4 is 9.84 Å². The zero-order valence-electron chi connectivity index (χ0n) is 9.66. The highest BCUT2D eigenvalue weighted by atomic mass is 32.2. The van der Waals surface area contributed by atoms with Crippen molar-refractivity contribution in [1.82, 2.24) is 5.32 Å². The highest BCUT2D eigenvalue weighted by Crippen LogP contribution is 2.27. The van der Waals surface area contributed by atoms with Gasteiger partial charge in [0.1, 0.15) is 0 Å². The fourth-order valence-corrected chi connectivity index (χ4v) is 2.93. The largest absolute Gasteiger partial charge is 0.310 e. The van der Waals surface area contributed by atoms with E-state index in [1.54, 1.807) is 12.1 Å². The quantitative estimate of drug-likeness (QED) is 0.856. The molecule has 0 bridgehead atoms. The van der Waals surface area contributed by atoms with E-state index in [-0.39, 0.29) is 0 Å². The second-order valence-corrected chi connectivity index (χ2v) is 6.46. The van der Waals surface area contributed by atoms with E-state index in [4.69, 9.17) is 0 Å². The third-order valence-electron chi connectivity index (χ3n) is 3.11. The van der Waals surface area contributed by atoms with Gasteiger partial charge >= 0.3 is 0 Å². The van der Waals surface area contributed by atoms with Gasteiger partial charge in [-0.3, -0.25) is 0 Å². The van der Waals surface area contributed by atoms with Crippen LogP contribution in [0.3, 0.4) is 0 Å². The molecular weight excluding hydrogens is 222 g/mol. The van der Waals surface area contributed by atoms with E-state index in [2.05, 4.69) is 5.32 Å². The molecule has 88 valence electrons. The van der Waals surface area contributed by atoms with Gasteiger partial charge in [-0.25, -0.2) is 8.42 Å². The number of hydrogen-bond donors (Lipinski definition) is 1. The van der Waals surface area contributed by atoms with Crippen molar-refractivity contribution in [2.24, 2.45) is 0 Å². The van der Waals surface area contributed by atoms with Crippen LogP contribution in [0, 0.1) is 6.92 Å². The third kappa shape index (κ3) is 2.28. The number of nitrogens with one attached hydrogen (secondary N) is 1.